The molecule has 3 aromatic rings. The van der Waals surface area contributed by atoms with Gasteiger partial charge in [-0.3, -0.25) is 9.78 Å². The quantitative estimate of drug-likeness (QED) is 0.773. The van der Waals surface area contributed by atoms with Crippen LogP contribution in [-0.4, -0.2) is 22.9 Å². The van der Waals surface area contributed by atoms with Gasteiger partial charge in [0.1, 0.15) is 4.88 Å². The predicted molar refractivity (Wildman–Crippen MR) is 96.8 cm³/mol. The van der Waals surface area contributed by atoms with Gasteiger partial charge < -0.3 is 10.2 Å². The van der Waals surface area contributed by atoms with E-state index in [1.807, 2.05) is 67.4 Å². The molecule has 0 unspecified atom stereocenters. The Labute approximate surface area is 145 Å². The van der Waals surface area contributed by atoms with Gasteiger partial charge >= 0.3 is 0 Å². The number of nitrogens with one attached hydrogen (secondary N) is 1. The van der Waals surface area contributed by atoms with Gasteiger partial charge in [0.05, 0.1) is 17.9 Å². The summed E-state index contributed by atoms with van der Waals surface area (Å²) < 4.78 is 0. The van der Waals surface area contributed by atoms with Gasteiger partial charge in [0.2, 0.25) is 0 Å². The first-order valence-corrected chi connectivity index (χ1v) is 8.41. The van der Waals surface area contributed by atoms with Crippen LogP contribution in [0.3, 0.4) is 0 Å². The fourth-order valence-electron chi connectivity index (χ4n) is 2.25. The third-order valence-corrected chi connectivity index (χ3v) is 4.81. The number of amides is 1. The number of anilines is 2. The van der Waals surface area contributed by atoms with E-state index in [1.165, 1.54) is 11.3 Å². The van der Waals surface area contributed by atoms with Gasteiger partial charge in [-0.05, 0) is 31.2 Å². The second-order valence-corrected chi connectivity index (χ2v) is 6.29. The molecule has 0 bridgehead atoms. The van der Waals surface area contributed by atoms with E-state index in [9.17, 15) is 4.79 Å². The minimum Gasteiger partial charge on any atom is -0.346 e. The Hall–Kier alpha value is -2.73. The van der Waals surface area contributed by atoms with Gasteiger partial charge in [0.15, 0.2) is 5.13 Å². The van der Waals surface area contributed by atoms with Gasteiger partial charge in [-0.1, -0.05) is 35.6 Å². The summed E-state index contributed by atoms with van der Waals surface area (Å²) in [5, 5.41) is 3.69. The molecule has 0 aliphatic heterocycles. The zero-order valence-corrected chi connectivity index (χ0v) is 14.4. The Morgan fingerprint density at radius 2 is 1.92 bits per heavy atom. The molecule has 0 atom stereocenters. The van der Waals surface area contributed by atoms with Crippen LogP contribution in [0.4, 0.5) is 10.8 Å². The van der Waals surface area contributed by atoms with E-state index in [-0.39, 0.29) is 5.91 Å². The number of aromatic nitrogens is 2. The van der Waals surface area contributed by atoms with Crippen molar-refractivity contribution < 1.29 is 4.79 Å². The lowest BCUT2D eigenvalue weighted by molar-refractivity contribution is 0.0953. The standard InChI is InChI=1S/C18H18N4OS/c1-13-16(17(23)20-12-14-8-6-7-11-19-14)24-18(21-13)22(2)15-9-4-3-5-10-15/h3-11H,12H2,1-2H3,(H,20,23). The average Bonchev–Trinajstić information content (AvgIpc) is 3.02. The maximum Gasteiger partial charge on any atom is 0.263 e. The molecule has 5 nitrogen and oxygen atoms in total. The fourth-order valence-corrected chi connectivity index (χ4v) is 3.22. The number of aryl methyl sites for hydroxylation is 1. The van der Waals surface area contributed by atoms with Crippen molar-refractivity contribution >= 4 is 28.1 Å². The first kappa shape index (κ1) is 16.1. The molecule has 2 aromatic heterocycles. The van der Waals surface area contributed by atoms with E-state index >= 15 is 0 Å². The van der Waals surface area contributed by atoms with Crippen LogP contribution < -0.4 is 10.2 Å². The highest BCUT2D eigenvalue weighted by molar-refractivity contribution is 7.17. The van der Waals surface area contributed by atoms with Crippen LogP contribution >= 0.6 is 11.3 Å². The van der Waals surface area contributed by atoms with Crippen molar-refractivity contribution in [1.82, 2.24) is 15.3 Å². The van der Waals surface area contributed by atoms with E-state index in [1.54, 1.807) is 6.20 Å². The number of carbonyl (C=O) groups excluding carboxylic acids is 1. The normalized spacial score (nSPS) is 10.4. The van der Waals surface area contributed by atoms with Gasteiger partial charge in [-0.15, -0.1) is 0 Å². The first-order chi connectivity index (χ1) is 11.6. The monoisotopic (exact) mass is 338 g/mol. The van der Waals surface area contributed by atoms with Crippen molar-refractivity contribution in [2.24, 2.45) is 0 Å². The van der Waals surface area contributed by atoms with Crippen molar-refractivity contribution in [3.63, 3.8) is 0 Å². The Morgan fingerprint density at radius 3 is 2.62 bits per heavy atom. The summed E-state index contributed by atoms with van der Waals surface area (Å²) in [7, 11) is 1.95. The fraction of sp³-hybridized carbons (Fsp3) is 0.167. The number of carbonyl (C=O) groups is 1. The molecule has 24 heavy (non-hydrogen) atoms. The predicted octanol–water partition coefficient (Wildman–Crippen LogP) is 3.54. The highest BCUT2D eigenvalue weighted by atomic mass is 32.1. The topological polar surface area (TPSA) is 58.1 Å². The van der Waals surface area contributed by atoms with Crippen molar-refractivity contribution in [1.29, 1.82) is 0 Å². The highest BCUT2D eigenvalue weighted by Gasteiger charge is 2.17. The lowest BCUT2D eigenvalue weighted by Crippen LogP contribution is -2.23. The van der Waals surface area contributed by atoms with Gasteiger partial charge in [-0.2, -0.15) is 0 Å². The molecule has 0 fully saturated rings. The third kappa shape index (κ3) is 3.60. The number of thiazole rings is 1. The Bertz CT molecular complexity index is 818. The van der Waals surface area contributed by atoms with Crippen LogP contribution in [0.1, 0.15) is 21.1 Å². The first-order valence-electron chi connectivity index (χ1n) is 7.59. The summed E-state index contributed by atoms with van der Waals surface area (Å²) in [6.45, 7) is 2.26. The van der Waals surface area contributed by atoms with Crippen molar-refractivity contribution in [2.75, 3.05) is 11.9 Å². The van der Waals surface area contributed by atoms with Crippen LogP contribution in [0.25, 0.3) is 0 Å². The van der Waals surface area contributed by atoms with Crippen LogP contribution in [-0.2, 0) is 6.54 Å². The minimum absolute atomic E-state index is 0.122. The summed E-state index contributed by atoms with van der Waals surface area (Å²) in [5.74, 6) is -0.122. The van der Waals surface area contributed by atoms with Crippen LogP contribution in [0.2, 0.25) is 0 Å². The van der Waals surface area contributed by atoms with Gasteiger partial charge in [0.25, 0.3) is 5.91 Å². The summed E-state index contributed by atoms with van der Waals surface area (Å²) in [6.07, 6.45) is 1.71. The van der Waals surface area contributed by atoms with Crippen LogP contribution in [0.5, 0.6) is 0 Å². The van der Waals surface area contributed by atoms with Crippen molar-refractivity contribution in [3.05, 3.63) is 71.0 Å². The lowest BCUT2D eigenvalue weighted by Gasteiger charge is -2.15. The maximum atomic E-state index is 12.4. The minimum atomic E-state index is -0.122. The number of pyridine rings is 1. The largest absolute Gasteiger partial charge is 0.346 e. The van der Waals surface area contributed by atoms with E-state index < -0.39 is 0 Å². The number of benzene rings is 1. The number of nitrogens with zero attached hydrogens (tertiary/aromatic N) is 3. The van der Waals surface area contributed by atoms with Crippen molar-refractivity contribution in [3.8, 4) is 0 Å². The van der Waals surface area contributed by atoms with Crippen LogP contribution in [0, 0.1) is 6.92 Å². The molecule has 2 heterocycles. The molecule has 0 saturated heterocycles. The molecule has 6 heteroatoms. The number of rotatable bonds is 5. The summed E-state index contributed by atoms with van der Waals surface area (Å²) in [4.78, 5) is 23.8. The highest BCUT2D eigenvalue weighted by Crippen LogP contribution is 2.30. The molecule has 122 valence electrons. The van der Waals surface area contributed by atoms with Gasteiger partial charge in [-0.25, -0.2) is 4.98 Å². The lowest BCUT2D eigenvalue weighted by atomic mass is 10.3. The molecule has 3 rings (SSSR count). The average molecular weight is 338 g/mol. The third-order valence-electron chi connectivity index (χ3n) is 3.58. The zero-order valence-electron chi connectivity index (χ0n) is 13.6. The summed E-state index contributed by atoms with van der Waals surface area (Å²) in [5.41, 5.74) is 2.60. The molecule has 1 amide bonds. The number of hydrogen-bond donors (Lipinski definition) is 1. The molecule has 1 aromatic carbocycles. The smallest absolute Gasteiger partial charge is 0.263 e. The SMILES string of the molecule is Cc1nc(N(C)c2ccccc2)sc1C(=O)NCc1ccccn1. The molecular weight excluding hydrogens is 320 g/mol. The van der Waals surface area contributed by atoms with Crippen LogP contribution in [0.15, 0.2) is 54.7 Å². The molecule has 0 radical (unpaired) electrons. The van der Waals surface area contributed by atoms with E-state index in [2.05, 4.69) is 15.3 Å². The number of hydrogen-bond acceptors (Lipinski definition) is 5. The number of para-hydroxylation sites is 1. The summed E-state index contributed by atoms with van der Waals surface area (Å²) >= 11 is 1.39. The molecular formula is C18H18N4OS. The maximum absolute atomic E-state index is 12.4. The van der Waals surface area contributed by atoms with E-state index in [0.29, 0.717) is 11.4 Å². The van der Waals surface area contributed by atoms with E-state index in [0.717, 1.165) is 22.2 Å². The molecule has 0 aliphatic carbocycles. The Morgan fingerprint density at radius 1 is 1.17 bits per heavy atom. The molecule has 1 N–H and O–H groups in total. The Kier molecular flexibility index (Phi) is 4.86. The van der Waals surface area contributed by atoms with Gasteiger partial charge in [0, 0.05) is 18.9 Å². The van der Waals surface area contributed by atoms with Crippen molar-refractivity contribution in [2.45, 2.75) is 13.5 Å². The summed E-state index contributed by atoms with van der Waals surface area (Å²) in [6, 6.07) is 15.6. The molecule has 0 spiro atoms. The Balaban J connectivity index is 1.72. The molecule has 0 saturated carbocycles. The van der Waals surface area contributed by atoms with E-state index in [4.69, 9.17) is 0 Å². The second kappa shape index (κ2) is 7.23. The molecule has 0 aliphatic rings. The zero-order chi connectivity index (χ0) is 16.9. The second-order valence-electron chi connectivity index (χ2n) is 5.31.